The number of hydrogen-bond donors (Lipinski definition) is 1. The Labute approximate surface area is 179 Å². The molecule has 0 saturated carbocycles. The monoisotopic (exact) mass is 404 g/mol. The summed E-state index contributed by atoms with van der Waals surface area (Å²) >= 11 is 0. The second kappa shape index (κ2) is 9.61. The molecule has 0 bridgehead atoms. The van der Waals surface area contributed by atoms with Crippen LogP contribution >= 0.6 is 0 Å². The second-order valence-electron chi connectivity index (χ2n) is 7.87. The predicted molar refractivity (Wildman–Crippen MR) is 125 cm³/mol. The maximum Gasteiger partial charge on any atom is 0.158 e. The van der Waals surface area contributed by atoms with Gasteiger partial charge in [-0.3, -0.25) is 0 Å². The SMILES string of the molecule is C=C(/C=C(\C)NC(C)CCC)c1cnc2c(c1)c(C)nn2Cc1ccc(OC)cc1. The Kier molecular flexibility index (Phi) is 6.93. The molecular weight excluding hydrogens is 372 g/mol. The third-order valence-electron chi connectivity index (χ3n) is 5.22. The van der Waals surface area contributed by atoms with Gasteiger partial charge in [-0.25, -0.2) is 9.67 Å². The minimum atomic E-state index is 0.457. The summed E-state index contributed by atoms with van der Waals surface area (Å²) in [4.78, 5) is 4.72. The minimum Gasteiger partial charge on any atom is -0.497 e. The molecule has 5 heteroatoms. The van der Waals surface area contributed by atoms with Crippen LogP contribution in [-0.2, 0) is 6.54 Å². The fourth-order valence-electron chi connectivity index (χ4n) is 3.68. The number of allylic oxidation sites excluding steroid dienone is 3. The molecule has 1 aromatic carbocycles. The van der Waals surface area contributed by atoms with Crippen LogP contribution < -0.4 is 10.1 Å². The summed E-state index contributed by atoms with van der Waals surface area (Å²) in [6.07, 6.45) is 6.29. The van der Waals surface area contributed by atoms with Gasteiger partial charge >= 0.3 is 0 Å². The van der Waals surface area contributed by atoms with E-state index in [1.165, 1.54) is 6.42 Å². The highest BCUT2D eigenvalue weighted by Gasteiger charge is 2.11. The first-order valence-electron chi connectivity index (χ1n) is 10.5. The zero-order valence-electron chi connectivity index (χ0n) is 18.7. The van der Waals surface area contributed by atoms with Gasteiger partial charge in [-0.15, -0.1) is 0 Å². The summed E-state index contributed by atoms with van der Waals surface area (Å²) in [6.45, 7) is 13.4. The van der Waals surface area contributed by atoms with E-state index in [-0.39, 0.29) is 0 Å². The summed E-state index contributed by atoms with van der Waals surface area (Å²) in [7, 11) is 1.67. The van der Waals surface area contributed by atoms with Crippen molar-refractivity contribution in [2.45, 2.75) is 53.1 Å². The number of benzene rings is 1. The molecule has 1 unspecified atom stereocenters. The van der Waals surface area contributed by atoms with Crippen molar-refractivity contribution in [1.29, 1.82) is 0 Å². The van der Waals surface area contributed by atoms with Crippen LogP contribution in [0.25, 0.3) is 16.6 Å². The van der Waals surface area contributed by atoms with E-state index >= 15 is 0 Å². The van der Waals surface area contributed by atoms with Gasteiger partial charge in [-0.1, -0.05) is 32.1 Å². The zero-order valence-corrected chi connectivity index (χ0v) is 18.7. The molecule has 0 saturated heterocycles. The summed E-state index contributed by atoms with van der Waals surface area (Å²) < 4.78 is 7.19. The highest BCUT2D eigenvalue weighted by atomic mass is 16.5. The Balaban J connectivity index is 1.81. The zero-order chi connectivity index (χ0) is 21.7. The first-order valence-corrected chi connectivity index (χ1v) is 10.5. The normalized spacial score (nSPS) is 12.8. The van der Waals surface area contributed by atoms with Gasteiger partial charge in [0.05, 0.1) is 19.3 Å². The van der Waals surface area contributed by atoms with E-state index in [0.717, 1.165) is 51.3 Å². The van der Waals surface area contributed by atoms with E-state index in [9.17, 15) is 0 Å². The van der Waals surface area contributed by atoms with Gasteiger partial charge in [-0.05, 0) is 62.6 Å². The van der Waals surface area contributed by atoms with Crippen molar-refractivity contribution in [2.75, 3.05) is 7.11 Å². The molecule has 2 heterocycles. The van der Waals surface area contributed by atoms with Crippen molar-refractivity contribution in [3.05, 3.63) is 71.7 Å². The quantitative estimate of drug-likeness (QED) is 0.479. The van der Waals surface area contributed by atoms with Crippen molar-refractivity contribution in [3.8, 4) is 5.75 Å². The molecule has 158 valence electrons. The number of fused-ring (bicyclic) bond motifs is 1. The maximum atomic E-state index is 5.24. The Hall–Kier alpha value is -3.08. The number of rotatable bonds is 9. The Bertz CT molecular complexity index is 1050. The summed E-state index contributed by atoms with van der Waals surface area (Å²) in [6, 6.07) is 10.6. The van der Waals surface area contributed by atoms with Gasteiger partial charge in [0.25, 0.3) is 0 Å². The molecule has 0 aliphatic carbocycles. The van der Waals surface area contributed by atoms with E-state index < -0.39 is 0 Å². The lowest BCUT2D eigenvalue weighted by molar-refractivity contribution is 0.414. The highest BCUT2D eigenvalue weighted by Crippen LogP contribution is 2.23. The van der Waals surface area contributed by atoms with Crippen LogP contribution in [0.4, 0.5) is 0 Å². The summed E-state index contributed by atoms with van der Waals surface area (Å²) in [5.41, 5.74) is 6.08. The first kappa shape index (κ1) is 21.6. The average Bonchev–Trinajstić information content (AvgIpc) is 3.03. The van der Waals surface area contributed by atoms with Crippen LogP contribution in [0.1, 0.15) is 50.4 Å². The van der Waals surface area contributed by atoms with Crippen molar-refractivity contribution >= 4 is 16.6 Å². The fraction of sp³-hybridized carbons (Fsp3) is 0.360. The van der Waals surface area contributed by atoms with Crippen LogP contribution in [-0.4, -0.2) is 27.9 Å². The number of nitrogens with one attached hydrogen (secondary N) is 1. The van der Waals surface area contributed by atoms with Crippen molar-refractivity contribution in [1.82, 2.24) is 20.1 Å². The highest BCUT2D eigenvalue weighted by molar-refractivity contribution is 5.84. The number of aryl methyl sites for hydroxylation is 1. The second-order valence-corrected chi connectivity index (χ2v) is 7.87. The third kappa shape index (κ3) is 5.09. The molecule has 0 spiro atoms. The topological polar surface area (TPSA) is 52.0 Å². The molecule has 3 aromatic rings. The van der Waals surface area contributed by atoms with Gasteiger partial charge < -0.3 is 10.1 Å². The van der Waals surface area contributed by atoms with Gasteiger partial charge in [0.1, 0.15) is 5.75 Å². The van der Waals surface area contributed by atoms with Crippen LogP contribution in [0, 0.1) is 6.92 Å². The van der Waals surface area contributed by atoms with Crippen LogP contribution in [0.15, 0.2) is 54.9 Å². The molecule has 1 N–H and O–H groups in total. The lowest BCUT2D eigenvalue weighted by Gasteiger charge is -2.15. The van der Waals surface area contributed by atoms with Crippen molar-refractivity contribution in [3.63, 3.8) is 0 Å². The minimum absolute atomic E-state index is 0.457. The van der Waals surface area contributed by atoms with E-state index in [1.54, 1.807) is 7.11 Å². The van der Waals surface area contributed by atoms with Crippen LogP contribution in [0.2, 0.25) is 0 Å². The molecule has 30 heavy (non-hydrogen) atoms. The number of aromatic nitrogens is 3. The first-order chi connectivity index (χ1) is 14.4. The Morgan fingerprint density at radius 1 is 1.30 bits per heavy atom. The number of nitrogens with zero attached hydrogens (tertiary/aromatic N) is 3. The smallest absolute Gasteiger partial charge is 0.158 e. The maximum absolute atomic E-state index is 5.24. The van der Waals surface area contributed by atoms with Crippen LogP contribution in [0.3, 0.4) is 0 Å². The summed E-state index contributed by atoms with van der Waals surface area (Å²) in [5, 5.41) is 9.29. The average molecular weight is 405 g/mol. The molecule has 0 aliphatic heterocycles. The van der Waals surface area contributed by atoms with Crippen molar-refractivity contribution < 1.29 is 4.74 Å². The molecule has 2 aromatic heterocycles. The molecule has 1 atom stereocenters. The Morgan fingerprint density at radius 2 is 2.03 bits per heavy atom. The molecule has 0 aliphatic rings. The standard InChI is InChI=1S/C25H32N4O/c1-7-8-18(3)27-19(4)13-17(2)22-14-24-20(5)28-29(25(24)26-15-22)16-21-9-11-23(30-6)12-10-21/h9-15,18,27H,2,7-8,16H2,1,3-6H3/b19-13+. The van der Waals surface area contributed by atoms with E-state index in [2.05, 4.69) is 56.9 Å². The largest absolute Gasteiger partial charge is 0.497 e. The lowest BCUT2D eigenvalue weighted by Crippen LogP contribution is -2.23. The molecular formula is C25H32N4O. The fourth-order valence-corrected chi connectivity index (χ4v) is 3.68. The molecule has 5 nitrogen and oxygen atoms in total. The van der Waals surface area contributed by atoms with E-state index in [0.29, 0.717) is 12.6 Å². The van der Waals surface area contributed by atoms with Gasteiger partial charge in [-0.2, -0.15) is 5.10 Å². The van der Waals surface area contributed by atoms with Gasteiger partial charge in [0.2, 0.25) is 0 Å². The van der Waals surface area contributed by atoms with E-state index in [4.69, 9.17) is 14.8 Å². The number of ether oxygens (including phenoxy) is 1. The lowest BCUT2D eigenvalue weighted by atomic mass is 10.1. The number of methoxy groups -OCH3 is 1. The van der Waals surface area contributed by atoms with Crippen molar-refractivity contribution in [2.24, 2.45) is 0 Å². The summed E-state index contributed by atoms with van der Waals surface area (Å²) in [5.74, 6) is 0.850. The molecule has 0 radical (unpaired) electrons. The molecule has 0 fully saturated rings. The number of hydrogen-bond acceptors (Lipinski definition) is 4. The third-order valence-corrected chi connectivity index (χ3v) is 5.22. The van der Waals surface area contributed by atoms with E-state index in [1.807, 2.05) is 29.9 Å². The van der Waals surface area contributed by atoms with Gasteiger partial charge in [0.15, 0.2) is 5.65 Å². The van der Waals surface area contributed by atoms with Crippen LogP contribution in [0.5, 0.6) is 5.75 Å². The molecule has 3 rings (SSSR count). The predicted octanol–water partition coefficient (Wildman–Crippen LogP) is 5.49. The molecule has 0 amide bonds. The van der Waals surface area contributed by atoms with Gasteiger partial charge in [0, 0.05) is 28.9 Å². The number of pyridine rings is 1. The Morgan fingerprint density at radius 3 is 2.70 bits per heavy atom.